The minimum atomic E-state index is -1.03. The largest absolute Gasteiger partial charge is 0.486 e. The molecule has 0 bridgehead atoms. The average Bonchev–Trinajstić information content (AvgIpc) is 2.81. The molecule has 1 heterocycles. The minimum absolute atomic E-state index is 0.0770. The highest BCUT2D eigenvalue weighted by Crippen LogP contribution is 2.36. The van der Waals surface area contributed by atoms with Gasteiger partial charge in [-0.1, -0.05) is 41.4 Å². The Bertz CT molecular complexity index is 1440. The third kappa shape index (κ3) is 5.66. The van der Waals surface area contributed by atoms with Crippen LogP contribution in [0.25, 0.3) is 6.08 Å². The fourth-order valence-corrected chi connectivity index (χ4v) is 4.45. The van der Waals surface area contributed by atoms with Crippen LogP contribution in [0.5, 0.6) is 5.75 Å². The van der Waals surface area contributed by atoms with Gasteiger partial charge in [0, 0.05) is 0 Å². The lowest BCUT2D eigenvalue weighted by atomic mass is 10.1. The molecular formula is C27H20Cl2N2O6. The summed E-state index contributed by atoms with van der Waals surface area (Å²) >= 11 is 12.7. The van der Waals surface area contributed by atoms with Crippen molar-refractivity contribution >= 4 is 58.8 Å². The molecule has 2 N–H and O–H groups in total. The van der Waals surface area contributed by atoms with Crippen molar-refractivity contribution in [1.29, 1.82) is 0 Å². The van der Waals surface area contributed by atoms with Gasteiger partial charge in [0.05, 0.1) is 21.3 Å². The van der Waals surface area contributed by atoms with Crippen LogP contribution in [0, 0.1) is 13.8 Å². The second-order valence-electron chi connectivity index (χ2n) is 8.41. The van der Waals surface area contributed by atoms with Crippen molar-refractivity contribution in [2.45, 2.75) is 20.5 Å². The number of nitrogens with one attached hydrogen (secondary N) is 1. The maximum absolute atomic E-state index is 13.2. The number of carboxylic acids is 1. The Balaban J connectivity index is 1.59. The summed E-state index contributed by atoms with van der Waals surface area (Å²) in [6, 6.07) is 13.5. The number of amides is 4. The van der Waals surface area contributed by atoms with Crippen LogP contribution in [0.15, 0.2) is 60.2 Å². The van der Waals surface area contributed by atoms with Crippen LogP contribution < -0.4 is 15.0 Å². The van der Waals surface area contributed by atoms with Crippen molar-refractivity contribution in [3.8, 4) is 5.75 Å². The number of anilines is 1. The topological polar surface area (TPSA) is 113 Å². The molecular weight excluding hydrogens is 519 g/mol. The molecule has 1 fully saturated rings. The lowest BCUT2D eigenvalue weighted by Crippen LogP contribution is -2.54. The quantitative estimate of drug-likeness (QED) is 0.314. The first-order valence-electron chi connectivity index (χ1n) is 11.0. The van der Waals surface area contributed by atoms with Crippen molar-refractivity contribution in [3.63, 3.8) is 0 Å². The first-order valence-corrected chi connectivity index (χ1v) is 11.7. The Morgan fingerprint density at radius 1 is 0.973 bits per heavy atom. The number of nitrogens with zero attached hydrogens (tertiary/aromatic N) is 1. The highest BCUT2D eigenvalue weighted by atomic mass is 35.5. The molecule has 0 radical (unpaired) electrons. The molecule has 1 aliphatic heterocycles. The van der Waals surface area contributed by atoms with Crippen LogP contribution >= 0.6 is 23.2 Å². The summed E-state index contributed by atoms with van der Waals surface area (Å²) < 4.78 is 5.72. The summed E-state index contributed by atoms with van der Waals surface area (Å²) in [5.74, 6) is -2.47. The average molecular weight is 539 g/mol. The Hall–Kier alpha value is -4.14. The number of carboxylic acid groups (broad SMARTS) is 1. The normalized spacial score (nSPS) is 14.6. The highest BCUT2D eigenvalue weighted by Gasteiger charge is 2.37. The molecule has 0 aliphatic carbocycles. The van der Waals surface area contributed by atoms with Gasteiger partial charge in [0.1, 0.15) is 12.2 Å². The van der Waals surface area contributed by atoms with Crippen molar-refractivity contribution in [2.24, 2.45) is 0 Å². The molecule has 10 heteroatoms. The van der Waals surface area contributed by atoms with Crippen LogP contribution in [-0.2, 0) is 16.2 Å². The van der Waals surface area contributed by atoms with Gasteiger partial charge in [0.2, 0.25) is 0 Å². The molecule has 0 saturated carbocycles. The number of ether oxygens (including phenoxy) is 1. The first-order chi connectivity index (χ1) is 17.5. The zero-order chi connectivity index (χ0) is 26.9. The third-order valence-electron chi connectivity index (χ3n) is 5.48. The number of hydrogen-bond acceptors (Lipinski definition) is 5. The Morgan fingerprint density at radius 3 is 2.14 bits per heavy atom. The van der Waals surface area contributed by atoms with E-state index in [-0.39, 0.29) is 33.5 Å². The van der Waals surface area contributed by atoms with Gasteiger partial charge < -0.3 is 9.84 Å². The monoisotopic (exact) mass is 538 g/mol. The van der Waals surface area contributed by atoms with E-state index < -0.39 is 23.8 Å². The van der Waals surface area contributed by atoms with E-state index in [1.165, 1.54) is 30.3 Å². The van der Waals surface area contributed by atoms with E-state index >= 15 is 0 Å². The van der Waals surface area contributed by atoms with Crippen LogP contribution in [0.4, 0.5) is 10.5 Å². The number of imide groups is 2. The predicted octanol–water partition coefficient (Wildman–Crippen LogP) is 5.55. The number of urea groups is 1. The lowest BCUT2D eigenvalue weighted by Gasteiger charge is -2.27. The van der Waals surface area contributed by atoms with Gasteiger partial charge in [-0.25, -0.2) is 14.5 Å². The van der Waals surface area contributed by atoms with Crippen LogP contribution in [0.1, 0.15) is 32.6 Å². The van der Waals surface area contributed by atoms with Crippen molar-refractivity contribution in [2.75, 3.05) is 4.90 Å². The molecule has 8 nitrogen and oxygen atoms in total. The second kappa shape index (κ2) is 10.5. The van der Waals surface area contributed by atoms with E-state index in [0.29, 0.717) is 16.8 Å². The number of rotatable bonds is 6. The van der Waals surface area contributed by atoms with Crippen molar-refractivity contribution < 1.29 is 29.0 Å². The second-order valence-corrected chi connectivity index (χ2v) is 9.22. The van der Waals surface area contributed by atoms with Gasteiger partial charge in [-0.15, -0.1) is 0 Å². The summed E-state index contributed by atoms with van der Waals surface area (Å²) in [6.45, 7) is 3.75. The highest BCUT2D eigenvalue weighted by molar-refractivity contribution is 6.40. The predicted molar refractivity (Wildman–Crippen MR) is 139 cm³/mol. The van der Waals surface area contributed by atoms with E-state index in [1.807, 2.05) is 19.9 Å². The summed E-state index contributed by atoms with van der Waals surface area (Å²) in [7, 11) is 0. The zero-order valence-electron chi connectivity index (χ0n) is 19.7. The molecule has 1 aliphatic rings. The van der Waals surface area contributed by atoms with Gasteiger partial charge >= 0.3 is 12.0 Å². The molecule has 3 aromatic carbocycles. The maximum atomic E-state index is 13.2. The van der Waals surface area contributed by atoms with Crippen molar-refractivity contribution in [3.05, 3.63) is 98.0 Å². The van der Waals surface area contributed by atoms with Gasteiger partial charge in [0.15, 0.2) is 5.75 Å². The zero-order valence-corrected chi connectivity index (χ0v) is 21.2. The molecule has 4 rings (SSSR count). The number of aromatic carboxylic acids is 1. The number of benzene rings is 3. The van der Waals surface area contributed by atoms with E-state index in [4.69, 9.17) is 33.0 Å². The molecule has 1 saturated heterocycles. The summed E-state index contributed by atoms with van der Waals surface area (Å²) in [4.78, 5) is 50.1. The van der Waals surface area contributed by atoms with Gasteiger partial charge in [-0.3, -0.25) is 14.9 Å². The lowest BCUT2D eigenvalue weighted by molar-refractivity contribution is -0.122. The van der Waals surface area contributed by atoms with E-state index in [2.05, 4.69) is 5.32 Å². The Labute approximate surface area is 222 Å². The van der Waals surface area contributed by atoms with E-state index in [0.717, 1.165) is 16.0 Å². The molecule has 0 aromatic heterocycles. The number of hydrogen-bond donors (Lipinski definition) is 2. The van der Waals surface area contributed by atoms with Gasteiger partial charge in [-0.2, -0.15) is 0 Å². The number of carbonyl (C=O) groups is 4. The summed E-state index contributed by atoms with van der Waals surface area (Å²) in [5.41, 5.74) is 2.98. The molecule has 3 aromatic rings. The van der Waals surface area contributed by atoms with Crippen LogP contribution in [0.3, 0.4) is 0 Å². The molecule has 37 heavy (non-hydrogen) atoms. The van der Waals surface area contributed by atoms with E-state index in [1.54, 1.807) is 24.3 Å². The smallest absolute Gasteiger partial charge is 0.335 e. The third-order valence-corrected chi connectivity index (χ3v) is 6.04. The number of carbonyl (C=O) groups excluding carboxylic acids is 3. The molecule has 4 amide bonds. The van der Waals surface area contributed by atoms with Gasteiger partial charge in [0.25, 0.3) is 11.8 Å². The van der Waals surface area contributed by atoms with Crippen LogP contribution in [0.2, 0.25) is 10.0 Å². The maximum Gasteiger partial charge on any atom is 0.335 e. The first kappa shape index (κ1) is 25.9. The SMILES string of the molecule is Cc1cc(C)cc(N2C(=O)NC(=O)/C(=C\c3cc(Cl)c(OCc4ccc(C(=O)O)cc4)c(Cl)c3)C2=O)c1. The Kier molecular flexibility index (Phi) is 7.33. The standard InChI is InChI=1S/C27H20Cl2N2O6/c1-14-7-15(2)9-19(8-14)31-25(33)20(24(32)30-27(31)36)10-17-11-21(28)23(22(29)12-17)37-13-16-3-5-18(6-4-16)26(34)35/h3-12H,13H2,1-2H3,(H,34,35)(H,30,32,36)/b20-10+. The molecule has 0 spiro atoms. The number of halogens is 2. The molecule has 188 valence electrons. The van der Waals surface area contributed by atoms with E-state index in [9.17, 15) is 19.2 Å². The van der Waals surface area contributed by atoms with Gasteiger partial charge in [-0.05, 0) is 78.6 Å². The Morgan fingerprint density at radius 2 is 1.57 bits per heavy atom. The summed E-state index contributed by atoms with van der Waals surface area (Å²) in [5, 5.41) is 11.5. The molecule has 0 unspecified atom stereocenters. The molecule has 0 atom stereocenters. The number of barbiturate groups is 1. The minimum Gasteiger partial charge on any atom is -0.486 e. The number of aryl methyl sites for hydroxylation is 2. The fourth-order valence-electron chi connectivity index (χ4n) is 3.84. The van der Waals surface area contributed by atoms with Crippen molar-refractivity contribution in [1.82, 2.24) is 5.32 Å². The fraction of sp³-hybridized carbons (Fsp3) is 0.111. The summed E-state index contributed by atoms with van der Waals surface area (Å²) in [6.07, 6.45) is 1.30. The van der Waals surface area contributed by atoms with Crippen LogP contribution in [-0.4, -0.2) is 28.9 Å².